The van der Waals surface area contributed by atoms with Crippen LogP contribution >= 0.6 is 0 Å². The molecule has 0 saturated heterocycles. The molecular weight excluding hydrogens is 244 g/mol. The van der Waals surface area contributed by atoms with Gasteiger partial charge in [-0.25, -0.2) is 4.79 Å². The predicted octanol–water partition coefficient (Wildman–Crippen LogP) is -1.68. The first-order valence-corrected chi connectivity index (χ1v) is 4.98. The van der Waals surface area contributed by atoms with E-state index in [1.165, 1.54) is 0 Å². The number of carbonyl (C=O) groups excluding carboxylic acids is 1. The van der Waals surface area contributed by atoms with Gasteiger partial charge < -0.3 is 27.0 Å². The second-order valence-corrected chi connectivity index (χ2v) is 3.29. The van der Waals surface area contributed by atoms with Crippen LogP contribution in [-0.2, 0) is 14.4 Å². The second-order valence-electron chi connectivity index (χ2n) is 3.29. The molecule has 1 unspecified atom stereocenters. The smallest absolute Gasteiger partial charge is 0.371 e. The number of carboxylic acid groups (broad SMARTS) is 2. The van der Waals surface area contributed by atoms with Crippen molar-refractivity contribution in [2.24, 2.45) is 11.5 Å². The van der Waals surface area contributed by atoms with Crippen LogP contribution in [0.15, 0.2) is 0 Å². The predicted molar refractivity (Wildman–Crippen MR) is 63.1 cm³/mol. The number of nitrogens with one attached hydrogen (secondary N) is 2. The molecule has 0 aromatic carbocycles. The molecule has 0 fully saturated rings. The van der Waals surface area contributed by atoms with Crippen LogP contribution in [0.4, 0.5) is 0 Å². The Morgan fingerprint density at radius 1 is 1.33 bits per heavy atom. The van der Waals surface area contributed by atoms with Gasteiger partial charge in [0.1, 0.15) is 6.04 Å². The van der Waals surface area contributed by atoms with Crippen LogP contribution in [0.2, 0.25) is 0 Å². The zero-order valence-electron chi connectivity index (χ0n) is 9.97. The highest BCUT2D eigenvalue weighted by Crippen LogP contribution is 1.92. The highest BCUT2D eigenvalue weighted by molar-refractivity contribution is 6.31. The minimum absolute atomic E-state index is 0.112. The van der Waals surface area contributed by atoms with Gasteiger partial charge in [-0.2, -0.15) is 0 Å². The summed E-state index contributed by atoms with van der Waals surface area (Å²) in [5.74, 6) is -3.32. The normalized spacial score (nSPS) is 10.6. The van der Waals surface area contributed by atoms with Crippen molar-refractivity contribution in [2.75, 3.05) is 6.54 Å². The van der Waals surface area contributed by atoms with Crippen LogP contribution in [0.5, 0.6) is 0 Å². The SMILES string of the molecule is CC(=O)C(=O)O.N=C(N)NCCCC(N)C(=O)O. The van der Waals surface area contributed by atoms with Gasteiger partial charge in [0.15, 0.2) is 5.96 Å². The van der Waals surface area contributed by atoms with Gasteiger partial charge in [-0.3, -0.25) is 15.0 Å². The quantitative estimate of drug-likeness (QED) is 0.142. The van der Waals surface area contributed by atoms with Gasteiger partial charge in [0.25, 0.3) is 0 Å². The summed E-state index contributed by atoms with van der Waals surface area (Å²) in [4.78, 5) is 29.1. The van der Waals surface area contributed by atoms with E-state index < -0.39 is 23.8 Å². The molecule has 0 saturated carbocycles. The fourth-order valence-corrected chi connectivity index (χ4v) is 0.669. The molecule has 0 radical (unpaired) electrons. The Morgan fingerprint density at radius 2 is 1.78 bits per heavy atom. The molecule has 0 aromatic rings. The number of hydrogen-bond acceptors (Lipinski definition) is 5. The van der Waals surface area contributed by atoms with Crippen molar-refractivity contribution in [3.05, 3.63) is 0 Å². The van der Waals surface area contributed by atoms with Gasteiger partial charge in [0, 0.05) is 13.5 Å². The summed E-state index contributed by atoms with van der Waals surface area (Å²) in [6, 6.07) is -0.821. The molecule has 9 heteroatoms. The number of ketones is 1. The van der Waals surface area contributed by atoms with Crippen LogP contribution in [0.3, 0.4) is 0 Å². The third kappa shape index (κ3) is 13.8. The Labute approximate surface area is 104 Å². The molecule has 0 aliphatic heterocycles. The number of rotatable bonds is 6. The van der Waals surface area contributed by atoms with Crippen molar-refractivity contribution >= 4 is 23.7 Å². The number of guanidine groups is 1. The van der Waals surface area contributed by atoms with E-state index in [1.807, 2.05) is 0 Å². The van der Waals surface area contributed by atoms with Crippen molar-refractivity contribution in [3.63, 3.8) is 0 Å². The highest BCUT2D eigenvalue weighted by atomic mass is 16.4. The topological polar surface area (TPSA) is 180 Å². The fraction of sp³-hybridized carbons (Fsp3) is 0.556. The van der Waals surface area contributed by atoms with Crippen LogP contribution in [-0.4, -0.2) is 46.5 Å². The van der Waals surface area contributed by atoms with Gasteiger partial charge in [0.05, 0.1) is 0 Å². The molecule has 8 N–H and O–H groups in total. The molecule has 104 valence electrons. The molecule has 9 nitrogen and oxygen atoms in total. The molecule has 18 heavy (non-hydrogen) atoms. The van der Waals surface area contributed by atoms with E-state index >= 15 is 0 Å². The first-order chi connectivity index (χ1) is 8.18. The third-order valence-electron chi connectivity index (χ3n) is 1.63. The molecule has 0 amide bonds. The Kier molecular flexibility index (Phi) is 10.1. The molecule has 0 rings (SSSR count). The molecular formula is C9H18N4O5. The van der Waals surface area contributed by atoms with Gasteiger partial charge in [-0.1, -0.05) is 0 Å². The zero-order valence-corrected chi connectivity index (χ0v) is 9.97. The molecule has 0 bridgehead atoms. The second kappa shape index (κ2) is 10.0. The van der Waals surface area contributed by atoms with Gasteiger partial charge in [-0.15, -0.1) is 0 Å². The lowest BCUT2D eigenvalue weighted by Crippen LogP contribution is -2.34. The Hall–Kier alpha value is -2.16. The maximum atomic E-state index is 10.2. The fourth-order valence-electron chi connectivity index (χ4n) is 0.669. The summed E-state index contributed by atoms with van der Waals surface area (Å²) >= 11 is 0. The van der Waals surface area contributed by atoms with Crippen LogP contribution in [0, 0.1) is 5.41 Å². The average molecular weight is 262 g/mol. The first-order valence-electron chi connectivity index (χ1n) is 4.98. The lowest BCUT2D eigenvalue weighted by molar-refractivity contribution is -0.148. The number of Topliss-reactive ketones (excluding diaryl/α,β-unsaturated/α-hetero) is 1. The molecule has 0 heterocycles. The van der Waals surface area contributed by atoms with Crippen LogP contribution < -0.4 is 16.8 Å². The van der Waals surface area contributed by atoms with Gasteiger partial charge in [-0.05, 0) is 12.8 Å². The van der Waals surface area contributed by atoms with E-state index in [2.05, 4.69) is 5.32 Å². The Bertz CT molecular complexity index is 306. The summed E-state index contributed by atoms with van der Waals surface area (Å²) in [6.45, 7) is 1.48. The third-order valence-corrected chi connectivity index (χ3v) is 1.63. The minimum atomic E-state index is -1.38. The van der Waals surface area contributed by atoms with E-state index in [1.54, 1.807) is 0 Å². The zero-order chi connectivity index (χ0) is 14.7. The lowest BCUT2D eigenvalue weighted by Gasteiger charge is -2.06. The average Bonchev–Trinajstić information content (AvgIpc) is 2.24. The van der Waals surface area contributed by atoms with E-state index in [4.69, 9.17) is 27.1 Å². The van der Waals surface area contributed by atoms with Crippen molar-refractivity contribution in [1.82, 2.24) is 5.32 Å². The molecule has 1 atom stereocenters. The molecule has 0 aliphatic carbocycles. The number of nitrogens with two attached hydrogens (primary N) is 2. The number of carboxylic acids is 2. The van der Waals surface area contributed by atoms with Crippen molar-refractivity contribution in [1.29, 1.82) is 5.41 Å². The van der Waals surface area contributed by atoms with Crippen molar-refractivity contribution in [2.45, 2.75) is 25.8 Å². The van der Waals surface area contributed by atoms with Crippen molar-refractivity contribution < 1.29 is 24.6 Å². The maximum Gasteiger partial charge on any atom is 0.371 e. The number of hydrogen-bond donors (Lipinski definition) is 6. The maximum absolute atomic E-state index is 10.2. The summed E-state index contributed by atoms with van der Waals surface area (Å²) in [7, 11) is 0. The minimum Gasteiger partial charge on any atom is -0.480 e. The van der Waals surface area contributed by atoms with E-state index in [0.29, 0.717) is 19.4 Å². The Balaban J connectivity index is 0. The summed E-state index contributed by atoms with van der Waals surface area (Å²) in [6.07, 6.45) is 0.975. The van der Waals surface area contributed by atoms with Crippen LogP contribution in [0.25, 0.3) is 0 Å². The molecule has 0 aromatic heterocycles. The summed E-state index contributed by atoms with van der Waals surface area (Å²) < 4.78 is 0. The lowest BCUT2D eigenvalue weighted by atomic mass is 10.2. The molecule has 0 spiro atoms. The van der Waals surface area contributed by atoms with Gasteiger partial charge >= 0.3 is 11.9 Å². The number of carbonyl (C=O) groups is 3. The molecule has 0 aliphatic rings. The van der Waals surface area contributed by atoms with Gasteiger partial charge in [0.2, 0.25) is 5.78 Å². The summed E-state index contributed by atoms with van der Waals surface area (Å²) in [5.41, 5.74) is 10.2. The monoisotopic (exact) mass is 262 g/mol. The standard InChI is InChI=1S/C6H14N4O2.C3H4O3/c7-4(5(11)12)2-1-3-10-6(8)9;1-2(4)3(5)6/h4H,1-3,7H2,(H,11,12)(H4,8,9,10);1H3,(H,5,6). The largest absolute Gasteiger partial charge is 0.480 e. The number of aliphatic carboxylic acids is 2. The van der Waals surface area contributed by atoms with E-state index in [-0.39, 0.29) is 5.96 Å². The summed E-state index contributed by atoms with van der Waals surface area (Å²) in [5, 5.41) is 25.4. The highest BCUT2D eigenvalue weighted by Gasteiger charge is 2.09. The van der Waals surface area contributed by atoms with Crippen molar-refractivity contribution in [3.8, 4) is 0 Å². The van der Waals surface area contributed by atoms with E-state index in [9.17, 15) is 14.4 Å². The van der Waals surface area contributed by atoms with E-state index in [0.717, 1.165) is 6.92 Å². The Morgan fingerprint density at radius 3 is 2.06 bits per heavy atom. The first kappa shape index (κ1) is 18.2. The van der Waals surface area contributed by atoms with Crippen LogP contribution in [0.1, 0.15) is 19.8 Å².